The van der Waals surface area contributed by atoms with E-state index in [1.54, 1.807) is 24.1 Å². The van der Waals surface area contributed by atoms with Crippen molar-refractivity contribution in [2.24, 2.45) is 12.8 Å². The first-order chi connectivity index (χ1) is 8.13. The van der Waals surface area contributed by atoms with Crippen LogP contribution in [0.5, 0.6) is 0 Å². The number of carboxylic acid groups (broad SMARTS) is 1. The van der Waals surface area contributed by atoms with E-state index in [2.05, 4.69) is 15.4 Å². The first kappa shape index (κ1) is 11.3. The standard InChI is InChI=1S/C9H12N6O2/c1-14-5-6(4-11-14)8-7(9(16)17)12-13-15(8)3-2-10/h4-5H,2-3,10H2,1H3,(H,16,17). The summed E-state index contributed by atoms with van der Waals surface area (Å²) in [6.45, 7) is 0.764. The Kier molecular flexibility index (Phi) is 2.88. The third-order valence-corrected chi connectivity index (χ3v) is 2.26. The van der Waals surface area contributed by atoms with Crippen molar-refractivity contribution in [3.8, 4) is 11.3 Å². The summed E-state index contributed by atoms with van der Waals surface area (Å²) in [4.78, 5) is 11.0. The molecule has 0 aliphatic carbocycles. The molecule has 0 saturated carbocycles. The summed E-state index contributed by atoms with van der Waals surface area (Å²) in [5, 5.41) is 20.5. The van der Waals surface area contributed by atoms with Gasteiger partial charge in [-0.05, 0) is 0 Å². The van der Waals surface area contributed by atoms with E-state index in [0.29, 0.717) is 24.3 Å². The highest BCUT2D eigenvalue weighted by molar-refractivity contribution is 5.92. The third-order valence-electron chi connectivity index (χ3n) is 2.26. The summed E-state index contributed by atoms with van der Waals surface area (Å²) in [7, 11) is 1.75. The van der Waals surface area contributed by atoms with Gasteiger partial charge in [-0.3, -0.25) is 4.68 Å². The zero-order valence-electron chi connectivity index (χ0n) is 9.24. The van der Waals surface area contributed by atoms with Crippen LogP contribution in [-0.2, 0) is 13.6 Å². The topological polar surface area (TPSA) is 112 Å². The third kappa shape index (κ3) is 2.02. The zero-order valence-corrected chi connectivity index (χ0v) is 9.24. The Labute approximate surface area is 96.6 Å². The van der Waals surface area contributed by atoms with Gasteiger partial charge in [-0.1, -0.05) is 5.21 Å². The average molecular weight is 236 g/mol. The van der Waals surface area contributed by atoms with Crippen LogP contribution in [-0.4, -0.2) is 42.4 Å². The fourth-order valence-corrected chi connectivity index (χ4v) is 1.57. The van der Waals surface area contributed by atoms with Crippen molar-refractivity contribution >= 4 is 5.97 Å². The first-order valence-electron chi connectivity index (χ1n) is 4.99. The minimum absolute atomic E-state index is 0.0912. The minimum Gasteiger partial charge on any atom is -0.476 e. The van der Waals surface area contributed by atoms with Crippen LogP contribution < -0.4 is 5.73 Å². The van der Waals surface area contributed by atoms with Crippen molar-refractivity contribution in [3.05, 3.63) is 18.1 Å². The van der Waals surface area contributed by atoms with E-state index >= 15 is 0 Å². The second-order valence-corrected chi connectivity index (χ2v) is 3.51. The smallest absolute Gasteiger partial charge is 0.358 e. The summed E-state index contributed by atoms with van der Waals surface area (Å²) in [6.07, 6.45) is 3.27. The quantitative estimate of drug-likeness (QED) is 0.728. The Morgan fingerprint density at radius 3 is 2.88 bits per heavy atom. The summed E-state index contributed by atoms with van der Waals surface area (Å²) >= 11 is 0. The predicted octanol–water partition coefficient (Wildman–Crippen LogP) is -0.664. The largest absolute Gasteiger partial charge is 0.476 e. The monoisotopic (exact) mass is 236 g/mol. The maximum atomic E-state index is 11.0. The van der Waals surface area contributed by atoms with Gasteiger partial charge >= 0.3 is 5.97 Å². The molecule has 0 aliphatic rings. The Bertz CT molecular complexity index is 543. The molecule has 2 rings (SSSR count). The molecule has 0 spiro atoms. The molecular weight excluding hydrogens is 224 g/mol. The Balaban J connectivity index is 2.55. The number of aryl methyl sites for hydroxylation is 1. The van der Waals surface area contributed by atoms with Crippen LogP contribution in [0.4, 0.5) is 0 Å². The number of carbonyl (C=O) groups is 1. The molecule has 0 saturated heterocycles. The number of nitrogens with zero attached hydrogens (tertiary/aromatic N) is 5. The van der Waals surface area contributed by atoms with Gasteiger partial charge in [0.15, 0.2) is 5.69 Å². The molecule has 0 bridgehead atoms. The van der Waals surface area contributed by atoms with Gasteiger partial charge in [-0.2, -0.15) is 5.10 Å². The van der Waals surface area contributed by atoms with Gasteiger partial charge in [0.1, 0.15) is 5.69 Å². The summed E-state index contributed by atoms with van der Waals surface area (Å²) < 4.78 is 3.06. The van der Waals surface area contributed by atoms with Gasteiger partial charge in [0.05, 0.1) is 12.7 Å². The maximum Gasteiger partial charge on any atom is 0.358 e. The number of aromatic nitrogens is 5. The molecule has 8 nitrogen and oxygen atoms in total. The Morgan fingerprint density at radius 2 is 2.35 bits per heavy atom. The van der Waals surface area contributed by atoms with Crippen LogP contribution in [0.3, 0.4) is 0 Å². The Morgan fingerprint density at radius 1 is 1.59 bits per heavy atom. The fourth-order valence-electron chi connectivity index (χ4n) is 1.57. The number of aromatic carboxylic acids is 1. The predicted molar refractivity (Wildman–Crippen MR) is 58.2 cm³/mol. The zero-order chi connectivity index (χ0) is 12.4. The van der Waals surface area contributed by atoms with E-state index in [0.717, 1.165) is 0 Å². The SMILES string of the molecule is Cn1cc(-c2c(C(=O)O)nnn2CCN)cn1. The van der Waals surface area contributed by atoms with Gasteiger partial charge in [-0.25, -0.2) is 9.48 Å². The molecule has 2 heterocycles. The molecule has 0 unspecified atom stereocenters. The fraction of sp³-hybridized carbons (Fsp3) is 0.333. The highest BCUT2D eigenvalue weighted by Gasteiger charge is 2.21. The normalized spacial score (nSPS) is 10.7. The number of nitrogens with two attached hydrogens (primary N) is 1. The number of hydrogen-bond acceptors (Lipinski definition) is 5. The van der Waals surface area contributed by atoms with Crippen LogP contribution >= 0.6 is 0 Å². The molecule has 0 aliphatic heterocycles. The lowest BCUT2D eigenvalue weighted by Crippen LogP contribution is -2.12. The van der Waals surface area contributed by atoms with Gasteiger partial charge in [0.25, 0.3) is 0 Å². The highest BCUT2D eigenvalue weighted by atomic mass is 16.4. The molecule has 2 aromatic rings. The molecule has 0 aromatic carbocycles. The van der Waals surface area contributed by atoms with Crippen LogP contribution in [0.15, 0.2) is 12.4 Å². The molecule has 0 atom stereocenters. The second kappa shape index (κ2) is 4.34. The van der Waals surface area contributed by atoms with Crippen LogP contribution in [0.1, 0.15) is 10.5 Å². The molecular formula is C9H12N6O2. The van der Waals surface area contributed by atoms with Crippen molar-refractivity contribution in [1.82, 2.24) is 24.8 Å². The van der Waals surface area contributed by atoms with E-state index in [-0.39, 0.29) is 5.69 Å². The molecule has 0 radical (unpaired) electrons. The number of rotatable bonds is 4. The van der Waals surface area contributed by atoms with Crippen LogP contribution in [0.25, 0.3) is 11.3 Å². The molecule has 90 valence electrons. The molecule has 8 heteroatoms. The van der Waals surface area contributed by atoms with Gasteiger partial charge in [0.2, 0.25) is 0 Å². The van der Waals surface area contributed by atoms with E-state index in [1.165, 1.54) is 4.68 Å². The van der Waals surface area contributed by atoms with Crippen LogP contribution in [0.2, 0.25) is 0 Å². The molecule has 3 N–H and O–H groups in total. The lowest BCUT2D eigenvalue weighted by molar-refractivity contribution is 0.0691. The average Bonchev–Trinajstić information content (AvgIpc) is 2.84. The second-order valence-electron chi connectivity index (χ2n) is 3.51. The molecule has 0 amide bonds. The highest BCUT2D eigenvalue weighted by Crippen LogP contribution is 2.21. The van der Waals surface area contributed by atoms with Crippen molar-refractivity contribution in [2.45, 2.75) is 6.54 Å². The summed E-state index contributed by atoms with van der Waals surface area (Å²) in [5.74, 6) is -1.12. The van der Waals surface area contributed by atoms with E-state index in [4.69, 9.17) is 10.8 Å². The van der Waals surface area contributed by atoms with Gasteiger partial charge in [0, 0.05) is 25.4 Å². The van der Waals surface area contributed by atoms with Crippen molar-refractivity contribution < 1.29 is 9.90 Å². The number of hydrogen-bond donors (Lipinski definition) is 2. The minimum atomic E-state index is -1.12. The Hall–Kier alpha value is -2.22. The van der Waals surface area contributed by atoms with Gasteiger partial charge < -0.3 is 10.8 Å². The van der Waals surface area contributed by atoms with Crippen molar-refractivity contribution in [2.75, 3.05) is 6.54 Å². The first-order valence-corrected chi connectivity index (χ1v) is 4.99. The lowest BCUT2D eigenvalue weighted by Gasteiger charge is -2.02. The van der Waals surface area contributed by atoms with Crippen LogP contribution in [0, 0.1) is 0 Å². The molecule has 17 heavy (non-hydrogen) atoms. The van der Waals surface area contributed by atoms with E-state index in [9.17, 15) is 4.79 Å². The van der Waals surface area contributed by atoms with E-state index in [1.807, 2.05) is 0 Å². The van der Waals surface area contributed by atoms with E-state index < -0.39 is 5.97 Å². The summed E-state index contributed by atoms with van der Waals surface area (Å²) in [6, 6.07) is 0. The lowest BCUT2D eigenvalue weighted by atomic mass is 10.2. The molecule has 0 fully saturated rings. The molecule has 2 aromatic heterocycles. The van der Waals surface area contributed by atoms with Crippen molar-refractivity contribution in [1.29, 1.82) is 0 Å². The van der Waals surface area contributed by atoms with Gasteiger partial charge in [-0.15, -0.1) is 5.10 Å². The summed E-state index contributed by atoms with van der Waals surface area (Å²) in [5.41, 5.74) is 6.43. The maximum absolute atomic E-state index is 11.0. The van der Waals surface area contributed by atoms with Crippen molar-refractivity contribution in [3.63, 3.8) is 0 Å². The number of carboxylic acids is 1.